The van der Waals surface area contributed by atoms with Crippen LogP contribution in [-0.4, -0.2) is 42.1 Å². The van der Waals surface area contributed by atoms with Crippen molar-refractivity contribution >= 4 is 36.6 Å². The normalized spacial score (nSPS) is 21.1. The van der Waals surface area contributed by atoms with Gasteiger partial charge in [-0.2, -0.15) is 12.6 Å². The summed E-state index contributed by atoms with van der Waals surface area (Å²) in [5, 5.41) is 16.1. The quantitative estimate of drug-likeness (QED) is 0.125. The summed E-state index contributed by atoms with van der Waals surface area (Å²) >= 11 is 5.38. The van der Waals surface area contributed by atoms with Crippen molar-refractivity contribution in [2.45, 2.75) is 31.9 Å². The Morgan fingerprint density at radius 2 is 2.41 bits per heavy atom. The van der Waals surface area contributed by atoms with Crippen LogP contribution in [0.3, 0.4) is 0 Å². The van der Waals surface area contributed by atoms with Crippen LogP contribution >= 0.6 is 24.4 Å². The highest BCUT2D eigenvalue weighted by Gasteiger charge is 2.18. The van der Waals surface area contributed by atoms with Crippen molar-refractivity contribution in [1.82, 2.24) is 10.6 Å². The Morgan fingerprint density at radius 1 is 1.59 bits per heavy atom. The maximum atomic E-state index is 11.8. The Bertz CT molecular complexity index is 683. The number of primary amides is 1. The monoisotopic (exact) mass is 408 g/mol. The molecular weight excluding hydrogens is 380 g/mol. The molecule has 0 radical (unpaired) electrons. The molecule has 2 atom stereocenters. The molecular formula is C19H28N4O2S2. The number of aliphatic imine (C=N–C) groups is 1. The van der Waals surface area contributed by atoms with E-state index < -0.39 is 12.1 Å². The predicted molar refractivity (Wildman–Crippen MR) is 116 cm³/mol. The number of aliphatic hydroxyl groups is 1. The molecule has 0 aromatic heterocycles. The van der Waals surface area contributed by atoms with E-state index in [1.54, 1.807) is 6.26 Å². The number of carbonyl (C=O) groups is 1. The minimum absolute atomic E-state index is 0.177. The Labute approximate surface area is 170 Å². The number of nitrogens with two attached hydrogens (primary N) is 1. The number of hydrogen-bond acceptors (Lipinski definition) is 6. The summed E-state index contributed by atoms with van der Waals surface area (Å²) in [5.41, 5.74) is 8.19. The summed E-state index contributed by atoms with van der Waals surface area (Å²) in [4.78, 5) is 16.1. The topological polar surface area (TPSA) is 99.7 Å². The molecule has 1 amide bonds. The molecule has 0 aromatic rings. The molecule has 5 N–H and O–H groups in total. The van der Waals surface area contributed by atoms with Crippen molar-refractivity contribution in [2.75, 3.05) is 18.6 Å². The third kappa shape index (κ3) is 6.79. The van der Waals surface area contributed by atoms with Gasteiger partial charge in [0.25, 0.3) is 5.91 Å². The molecule has 0 saturated carbocycles. The standard InChI is InChI=1S/C19H28N4O2S2/c1-27-19(23-16(24)8-9-26)17(18(20)25)22-12-21-11-13-6-7-14-4-2-3-5-15(14)10-13/h3,5-6,10,12,14,16,23-24,26H,2,4,7-9,11H2,1H3,(H2,20,25)(H,21,22)/b19-17-/t14?,16-/m1/s1. The van der Waals surface area contributed by atoms with Crippen molar-refractivity contribution < 1.29 is 9.90 Å². The fourth-order valence-corrected chi connectivity index (χ4v) is 3.87. The number of fused-ring (bicyclic) bond motifs is 1. The molecule has 0 heterocycles. The van der Waals surface area contributed by atoms with Gasteiger partial charge in [-0.05, 0) is 48.3 Å². The Balaban J connectivity index is 1.97. The van der Waals surface area contributed by atoms with Gasteiger partial charge >= 0.3 is 0 Å². The highest BCUT2D eigenvalue weighted by atomic mass is 32.2. The zero-order chi connectivity index (χ0) is 19.6. The summed E-state index contributed by atoms with van der Waals surface area (Å²) in [6, 6.07) is 0. The summed E-state index contributed by atoms with van der Waals surface area (Å²) in [6.45, 7) is 0.535. The van der Waals surface area contributed by atoms with Crippen LogP contribution in [0.4, 0.5) is 0 Å². The molecule has 148 valence electrons. The van der Waals surface area contributed by atoms with Gasteiger partial charge in [-0.15, -0.1) is 11.8 Å². The van der Waals surface area contributed by atoms with E-state index in [2.05, 4.69) is 52.6 Å². The Hall–Kier alpha value is -1.64. The van der Waals surface area contributed by atoms with Gasteiger partial charge in [0.15, 0.2) is 0 Å². The molecule has 0 aliphatic heterocycles. The van der Waals surface area contributed by atoms with E-state index in [9.17, 15) is 9.90 Å². The number of rotatable bonds is 10. The molecule has 6 nitrogen and oxygen atoms in total. The molecule has 0 spiro atoms. The van der Waals surface area contributed by atoms with Gasteiger partial charge in [-0.1, -0.05) is 24.3 Å². The van der Waals surface area contributed by atoms with Crippen LogP contribution in [0.5, 0.6) is 0 Å². The highest BCUT2D eigenvalue weighted by Crippen LogP contribution is 2.32. The lowest BCUT2D eigenvalue weighted by atomic mass is 9.82. The fraction of sp³-hybridized carbons (Fsp3) is 0.474. The van der Waals surface area contributed by atoms with E-state index in [0.717, 1.165) is 12.8 Å². The van der Waals surface area contributed by atoms with Crippen molar-refractivity contribution in [3.05, 3.63) is 46.2 Å². The fourth-order valence-electron chi connectivity index (χ4n) is 3.01. The average molecular weight is 409 g/mol. The van der Waals surface area contributed by atoms with Crippen LogP contribution in [0.25, 0.3) is 0 Å². The van der Waals surface area contributed by atoms with Crippen molar-refractivity contribution in [2.24, 2.45) is 16.6 Å². The summed E-state index contributed by atoms with van der Waals surface area (Å²) in [7, 11) is 0. The van der Waals surface area contributed by atoms with Gasteiger partial charge in [0.1, 0.15) is 11.9 Å². The van der Waals surface area contributed by atoms with E-state index in [1.165, 1.54) is 35.7 Å². The molecule has 0 aromatic carbocycles. The number of hydrogen-bond donors (Lipinski definition) is 5. The van der Waals surface area contributed by atoms with E-state index in [0.29, 0.717) is 29.7 Å². The van der Waals surface area contributed by atoms with Crippen molar-refractivity contribution in [3.63, 3.8) is 0 Å². The molecule has 0 fully saturated rings. The second-order valence-electron chi connectivity index (χ2n) is 6.39. The van der Waals surface area contributed by atoms with Gasteiger partial charge in [0.2, 0.25) is 0 Å². The molecule has 2 aliphatic carbocycles. The van der Waals surface area contributed by atoms with Crippen molar-refractivity contribution in [3.8, 4) is 0 Å². The Morgan fingerprint density at radius 3 is 3.11 bits per heavy atom. The minimum atomic E-state index is -0.798. The number of nitrogens with zero attached hydrogens (tertiary/aromatic N) is 1. The van der Waals surface area contributed by atoms with Crippen LogP contribution in [0, 0.1) is 5.92 Å². The summed E-state index contributed by atoms with van der Waals surface area (Å²) < 4.78 is 0. The number of allylic oxidation sites excluding steroid dienone is 4. The number of thioether (sulfide) groups is 1. The maximum Gasteiger partial charge on any atom is 0.267 e. The van der Waals surface area contributed by atoms with E-state index in [-0.39, 0.29) is 5.70 Å². The van der Waals surface area contributed by atoms with Gasteiger partial charge in [0.05, 0.1) is 17.9 Å². The van der Waals surface area contributed by atoms with E-state index in [1.807, 2.05) is 0 Å². The molecule has 8 heteroatoms. The van der Waals surface area contributed by atoms with Gasteiger partial charge < -0.3 is 21.5 Å². The van der Waals surface area contributed by atoms with Crippen LogP contribution < -0.4 is 16.4 Å². The second-order valence-corrected chi connectivity index (χ2v) is 7.66. The predicted octanol–water partition coefficient (Wildman–Crippen LogP) is 2.07. The maximum absolute atomic E-state index is 11.8. The number of amides is 1. The minimum Gasteiger partial charge on any atom is -0.374 e. The lowest BCUT2D eigenvalue weighted by Gasteiger charge is -2.24. The number of carbonyl (C=O) groups excluding carboxylic acids is 1. The molecule has 2 rings (SSSR count). The molecule has 27 heavy (non-hydrogen) atoms. The second kappa shape index (κ2) is 11.3. The Kier molecular flexibility index (Phi) is 9.03. The lowest BCUT2D eigenvalue weighted by molar-refractivity contribution is -0.114. The SMILES string of the molecule is CS/C(N[C@H](O)CCS)=C(\NC=NCC1=CCC2CCC=CC2=C1)C(N)=O. The lowest BCUT2D eigenvalue weighted by Crippen LogP contribution is -2.34. The average Bonchev–Trinajstić information content (AvgIpc) is 2.66. The zero-order valence-corrected chi connectivity index (χ0v) is 17.2. The van der Waals surface area contributed by atoms with Crippen LogP contribution in [0.1, 0.15) is 25.7 Å². The molecule has 1 unspecified atom stereocenters. The number of aliphatic hydroxyl groups excluding tert-OH is 1. The van der Waals surface area contributed by atoms with E-state index in [4.69, 9.17) is 5.73 Å². The molecule has 0 saturated heterocycles. The van der Waals surface area contributed by atoms with Crippen LogP contribution in [0.2, 0.25) is 0 Å². The third-order valence-electron chi connectivity index (χ3n) is 4.43. The van der Waals surface area contributed by atoms with Crippen molar-refractivity contribution in [1.29, 1.82) is 0 Å². The van der Waals surface area contributed by atoms with Crippen LogP contribution in [0.15, 0.2) is 51.2 Å². The molecule has 2 aliphatic rings. The first kappa shape index (κ1) is 21.7. The largest absolute Gasteiger partial charge is 0.374 e. The van der Waals surface area contributed by atoms with Gasteiger partial charge in [-0.25, -0.2) is 0 Å². The van der Waals surface area contributed by atoms with E-state index >= 15 is 0 Å². The zero-order valence-electron chi connectivity index (χ0n) is 15.5. The first-order chi connectivity index (χ1) is 13.0. The number of thiol groups is 1. The van der Waals surface area contributed by atoms with Gasteiger partial charge in [0, 0.05) is 6.42 Å². The first-order valence-corrected chi connectivity index (χ1v) is 10.9. The van der Waals surface area contributed by atoms with Gasteiger partial charge in [-0.3, -0.25) is 9.79 Å². The first-order valence-electron chi connectivity index (χ1n) is 9.00. The number of nitrogens with one attached hydrogen (secondary N) is 2. The smallest absolute Gasteiger partial charge is 0.267 e. The highest BCUT2D eigenvalue weighted by molar-refractivity contribution is 8.02. The summed E-state index contributed by atoms with van der Waals surface area (Å²) in [5.74, 6) is 0.548. The van der Waals surface area contributed by atoms with Crippen LogP contribution in [-0.2, 0) is 4.79 Å². The molecule has 0 bridgehead atoms. The third-order valence-corrected chi connectivity index (χ3v) is 5.42. The summed E-state index contributed by atoms with van der Waals surface area (Å²) in [6.07, 6.45) is 15.2.